The molecule has 1 amide bonds. The van der Waals surface area contributed by atoms with E-state index < -0.39 is 30.3 Å². The Labute approximate surface area is 147 Å². The zero-order chi connectivity index (χ0) is 18.9. The molecule has 0 fully saturated rings. The van der Waals surface area contributed by atoms with E-state index in [1.165, 1.54) is 24.3 Å². The van der Waals surface area contributed by atoms with Crippen LogP contribution in [0.3, 0.4) is 0 Å². The summed E-state index contributed by atoms with van der Waals surface area (Å²) in [7, 11) is 0. The van der Waals surface area contributed by atoms with Crippen molar-refractivity contribution in [2.75, 3.05) is 18.5 Å². The Morgan fingerprint density at radius 1 is 1.15 bits per heavy atom. The number of amides is 1. The maximum atomic E-state index is 13.7. The number of nitrogens with one attached hydrogen (secondary N) is 1. The molecule has 8 nitrogen and oxygen atoms in total. The number of aromatic nitrogens is 2. The van der Waals surface area contributed by atoms with Gasteiger partial charge in [-0.05, 0) is 24.6 Å². The van der Waals surface area contributed by atoms with Gasteiger partial charge < -0.3 is 14.2 Å². The molecular formula is C16H15F2N3O5. The summed E-state index contributed by atoms with van der Waals surface area (Å²) in [6.07, 6.45) is -0.298. The lowest BCUT2D eigenvalue weighted by molar-refractivity contribution is -0.146. The van der Waals surface area contributed by atoms with Gasteiger partial charge in [0.05, 0.1) is 12.8 Å². The summed E-state index contributed by atoms with van der Waals surface area (Å²) in [5.74, 6) is -2.54. The summed E-state index contributed by atoms with van der Waals surface area (Å²) in [5.41, 5.74) is 0.641. The number of ether oxygens (including phenoxy) is 3. The van der Waals surface area contributed by atoms with E-state index in [9.17, 15) is 18.4 Å². The first-order chi connectivity index (χ1) is 12.5. The fourth-order valence-electron chi connectivity index (χ4n) is 1.70. The third-order valence-corrected chi connectivity index (χ3v) is 2.85. The average molecular weight is 367 g/mol. The Morgan fingerprint density at radius 3 is 2.58 bits per heavy atom. The Morgan fingerprint density at radius 2 is 1.88 bits per heavy atom. The number of carbonyl (C=O) groups is 2. The van der Waals surface area contributed by atoms with Gasteiger partial charge in [0, 0.05) is 0 Å². The second-order valence-electron chi connectivity index (χ2n) is 4.77. The molecule has 1 N–H and O–H groups in total. The van der Waals surface area contributed by atoms with E-state index in [4.69, 9.17) is 4.74 Å². The van der Waals surface area contributed by atoms with Gasteiger partial charge in [-0.2, -0.15) is 4.98 Å². The Kier molecular flexibility index (Phi) is 6.77. The highest BCUT2D eigenvalue weighted by Crippen LogP contribution is 2.15. The fraction of sp³-hybridized carbons (Fsp3) is 0.250. The molecule has 1 heterocycles. The molecule has 0 aliphatic carbocycles. The van der Waals surface area contributed by atoms with Crippen LogP contribution in [0.25, 0.3) is 0 Å². The number of nitrogens with zero attached hydrogens (tertiary/aromatic N) is 2. The standard InChI is InChI=1S/C16H15F2N3O5/c1-2-24-13(22)9-26-16(23)21-14-12(18)7-19-15(20-14)25-8-10-3-5-11(17)6-4-10/h3-7H,2,8-9H2,1H3,(H,19,20,21,23). The number of hydrogen-bond donors (Lipinski definition) is 1. The molecule has 0 spiro atoms. The Balaban J connectivity index is 1.92. The summed E-state index contributed by atoms with van der Waals surface area (Å²) in [4.78, 5) is 30.0. The first kappa shape index (κ1) is 19.0. The Bertz CT molecular complexity index is 771. The molecular weight excluding hydrogens is 352 g/mol. The van der Waals surface area contributed by atoms with Gasteiger partial charge in [-0.15, -0.1) is 0 Å². The SMILES string of the molecule is CCOC(=O)COC(=O)Nc1nc(OCc2ccc(F)cc2)ncc1F. The van der Waals surface area contributed by atoms with Crippen molar-refractivity contribution in [3.8, 4) is 6.01 Å². The van der Waals surface area contributed by atoms with Crippen molar-refractivity contribution in [2.24, 2.45) is 0 Å². The number of halogens is 2. The van der Waals surface area contributed by atoms with Gasteiger partial charge in [-0.25, -0.2) is 23.4 Å². The van der Waals surface area contributed by atoms with Gasteiger partial charge in [0.1, 0.15) is 12.4 Å². The lowest BCUT2D eigenvalue weighted by atomic mass is 10.2. The topological polar surface area (TPSA) is 99.6 Å². The molecule has 138 valence electrons. The molecule has 0 unspecified atom stereocenters. The van der Waals surface area contributed by atoms with Gasteiger partial charge in [-0.3, -0.25) is 5.32 Å². The largest absolute Gasteiger partial charge is 0.463 e. The quantitative estimate of drug-likeness (QED) is 0.750. The molecule has 0 radical (unpaired) electrons. The number of esters is 1. The molecule has 0 bridgehead atoms. The van der Waals surface area contributed by atoms with Crippen LogP contribution in [0.15, 0.2) is 30.5 Å². The number of benzene rings is 1. The highest BCUT2D eigenvalue weighted by Gasteiger charge is 2.14. The predicted molar refractivity (Wildman–Crippen MR) is 84.3 cm³/mol. The van der Waals surface area contributed by atoms with Crippen molar-refractivity contribution in [1.82, 2.24) is 9.97 Å². The van der Waals surface area contributed by atoms with Gasteiger partial charge in [0.2, 0.25) is 0 Å². The second kappa shape index (κ2) is 9.25. The van der Waals surface area contributed by atoms with E-state index >= 15 is 0 Å². The monoisotopic (exact) mass is 367 g/mol. The van der Waals surface area contributed by atoms with Gasteiger partial charge in [0.15, 0.2) is 18.2 Å². The minimum absolute atomic E-state index is 0.0126. The molecule has 0 saturated heterocycles. The van der Waals surface area contributed by atoms with Crippen molar-refractivity contribution in [3.63, 3.8) is 0 Å². The zero-order valence-electron chi connectivity index (χ0n) is 13.7. The van der Waals surface area contributed by atoms with Gasteiger partial charge in [0.25, 0.3) is 0 Å². The number of rotatable bonds is 7. The van der Waals surface area contributed by atoms with Crippen molar-refractivity contribution >= 4 is 17.9 Å². The summed E-state index contributed by atoms with van der Waals surface area (Å²) in [6.45, 7) is 1.12. The van der Waals surface area contributed by atoms with Crippen LogP contribution in [0.4, 0.5) is 19.4 Å². The first-order valence-corrected chi connectivity index (χ1v) is 7.47. The van der Waals surface area contributed by atoms with E-state index in [1.807, 2.05) is 5.32 Å². The molecule has 1 aromatic heterocycles. The van der Waals surface area contributed by atoms with Gasteiger partial charge in [-0.1, -0.05) is 12.1 Å². The van der Waals surface area contributed by atoms with Crippen LogP contribution in [0.5, 0.6) is 6.01 Å². The number of carbonyl (C=O) groups excluding carboxylic acids is 2. The van der Waals surface area contributed by atoms with E-state index in [0.29, 0.717) is 5.56 Å². The molecule has 0 aliphatic heterocycles. The van der Waals surface area contributed by atoms with Crippen LogP contribution in [-0.4, -0.2) is 35.2 Å². The van der Waals surface area contributed by atoms with Crippen LogP contribution >= 0.6 is 0 Å². The minimum atomic E-state index is -1.10. The van der Waals surface area contributed by atoms with Crippen molar-refractivity contribution in [3.05, 3.63) is 47.7 Å². The third-order valence-electron chi connectivity index (χ3n) is 2.85. The van der Waals surface area contributed by atoms with Crippen LogP contribution in [0.1, 0.15) is 12.5 Å². The second-order valence-corrected chi connectivity index (χ2v) is 4.77. The molecule has 1 aromatic carbocycles. The summed E-state index contributed by atoms with van der Waals surface area (Å²) in [6, 6.07) is 5.32. The predicted octanol–water partition coefficient (Wildman–Crippen LogP) is 2.45. The average Bonchev–Trinajstić information content (AvgIpc) is 2.62. The van der Waals surface area contributed by atoms with Crippen LogP contribution in [0, 0.1) is 11.6 Å². The normalized spacial score (nSPS) is 10.1. The maximum absolute atomic E-state index is 13.7. The summed E-state index contributed by atoms with van der Waals surface area (Å²) in [5, 5.41) is 2.03. The molecule has 10 heteroatoms. The van der Waals surface area contributed by atoms with Crippen molar-refractivity contribution in [1.29, 1.82) is 0 Å². The highest BCUT2D eigenvalue weighted by molar-refractivity contribution is 5.85. The Hall–Kier alpha value is -3.30. The fourth-order valence-corrected chi connectivity index (χ4v) is 1.70. The lowest BCUT2D eigenvalue weighted by Crippen LogP contribution is -2.21. The van der Waals surface area contributed by atoms with Crippen LogP contribution < -0.4 is 10.1 Å². The molecule has 0 aliphatic rings. The molecule has 26 heavy (non-hydrogen) atoms. The molecule has 2 rings (SSSR count). The molecule has 0 saturated carbocycles. The lowest BCUT2D eigenvalue weighted by Gasteiger charge is -2.09. The number of anilines is 1. The van der Waals surface area contributed by atoms with Crippen LogP contribution in [-0.2, 0) is 20.9 Å². The summed E-state index contributed by atoms with van der Waals surface area (Å²) >= 11 is 0. The summed E-state index contributed by atoms with van der Waals surface area (Å²) < 4.78 is 40.9. The van der Waals surface area contributed by atoms with E-state index in [1.54, 1.807) is 6.92 Å². The maximum Gasteiger partial charge on any atom is 0.413 e. The van der Waals surface area contributed by atoms with E-state index in [2.05, 4.69) is 19.4 Å². The number of hydrogen-bond acceptors (Lipinski definition) is 7. The smallest absolute Gasteiger partial charge is 0.413 e. The van der Waals surface area contributed by atoms with Gasteiger partial charge >= 0.3 is 18.1 Å². The van der Waals surface area contributed by atoms with E-state index in [-0.39, 0.29) is 25.0 Å². The van der Waals surface area contributed by atoms with Crippen LogP contribution in [0.2, 0.25) is 0 Å². The zero-order valence-corrected chi connectivity index (χ0v) is 13.7. The highest BCUT2D eigenvalue weighted by atomic mass is 19.1. The molecule has 2 aromatic rings. The van der Waals surface area contributed by atoms with Crippen molar-refractivity contribution in [2.45, 2.75) is 13.5 Å². The van der Waals surface area contributed by atoms with E-state index in [0.717, 1.165) is 6.20 Å². The first-order valence-electron chi connectivity index (χ1n) is 7.47. The van der Waals surface area contributed by atoms with Crippen molar-refractivity contribution < 1.29 is 32.6 Å². The minimum Gasteiger partial charge on any atom is -0.463 e. The third kappa shape index (κ3) is 5.96. The molecule has 0 atom stereocenters.